The van der Waals surface area contributed by atoms with Gasteiger partial charge in [-0.15, -0.1) is 0 Å². The molecule has 0 aliphatic carbocycles. The van der Waals surface area contributed by atoms with Crippen molar-refractivity contribution in [3.63, 3.8) is 0 Å². The van der Waals surface area contributed by atoms with Gasteiger partial charge in [0.05, 0.1) is 0 Å². The zero-order valence-corrected chi connectivity index (χ0v) is 18.3. The summed E-state index contributed by atoms with van der Waals surface area (Å²) in [5, 5.41) is 12.7. The SMILES string of the molecule is COCCCNC(=O)C(C#N)=Cc1c(Oc2ccc(Cl)cc2)nc2c(C)cccn2c1=O. The number of nitrogens with one attached hydrogen (secondary N) is 1. The largest absolute Gasteiger partial charge is 0.438 e. The topological polar surface area (TPSA) is 106 Å². The zero-order chi connectivity index (χ0) is 23.1. The molecule has 164 valence electrons. The fourth-order valence-corrected chi connectivity index (χ4v) is 3.04. The van der Waals surface area contributed by atoms with E-state index in [2.05, 4.69) is 10.3 Å². The molecule has 0 bridgehead atoms. The number of aromatic nitrogens is 2. The molecule has 9 heteroatoms. The van der Waals surface area contributed by atoms with Crippen molar-refractivity contribution < 1.29 is 14.3 Å². The number of fused-ring (bicyclic) bond motifs is 1. The summed E-state index contributed by atoms with van der Waals surface area (Å²) < 4.78 is 12.2. The summed E-state index contributed by atoms with van der Waals surface area (Å²) in [5.74, 6) is -0.224. The fourth-order valence-electron chi connectivity index (χ4n) is 2.91. The molecule has 32 heavy (non-hydrogen) atoms. The van der Waals surface area contributed by atoms with Gasteiger partial charge in [-0.3, -0.25) is 14.0 Å². The molecular weight excluding hydrogens is 432 g/mol. The molecular formula is C23H21ClN4O4. The summed E-state index contributed by atoms with van der Waals surface area (Å²) in [6.45, 7) is 2.62. The third-order valence-electron chi connectivity index (χ3n) is 4.54. The second kappa shape index (κ2) is 10.6. The van der Waals surface area contributed by atoms with E-state index in [0.29, 0.717) is 36.0 Å². The third-order valence-corrected chi connectivity index (χ3v) is 4.79. The number of halogens is 1. The molecule has 1 aromatic carbocycles. The normalized spacial score (nSPS) is 11.2. The van der Waals surface area contributed by atoms with E-state index in [1.165, 1.54) is 10.5 Å². The number of nitrogens with zero attached hydrogens (tertiary/aromatic N) is 3. The quantitative estimate of drug-likeness (QED) is 0.318. The minimum absolute atomic E-state index is 0.0216. The number of hydrogen-bond acceptors (Lipinski definition) is 6. The van der Waals surface area contributed by atoms with Crippen LogP contribution in [0.15, 0.2) is 53.0 Å². The van der Waals surface area contributed by atoms with Crippen molar-refractivity contribution in [1.82, 2.24) is 14.7 Å². The Morgan fingerprint density at radius 3 is 2.75 bits per heavy atom. The van der Waals surface area contributed by atoms with E-state index in [1.54, 1.807) is 43.6 Å². The molecule has 0 fully saturated rings. The number of aryl methyl sites for hydroxylation is 1. The van der Waals surface area contributed by atoms with Crippen LogP contribution in [-0.2, 0) is 9.53 Å². The smallest absolute Gasteiger partial charge is 0.269 e. The summed E-state index contributed by atoms with van der Waals surface area (Å²) in [6, 6.07) is 11.9. The Morgan fingerprint density at radius 1 is 1.31 bits per heavy atom. The molecule has 2 aromatic heterocycles. The number of amides is 1. The minimum Gasteiger partial charge on any atom is -0.438 e. The number of carbonyl (C=O) groups is 1. The van der Waals surface area contributed by atoms with E-state index in [0.717, 1.165) is 5.56 Å². The molecule has 0 unspecified atom stereocenters. The number of nitriles is 1. The van der Waals surface area contributed by atoms with Gasteiger partial charge < -0.3 is 14.8 Å². The lowest BCUT2D eigenvalue weighted by Crippen LogP contribution is -2.27. The van der Waals surface area contributed by atoms with Gasteiger partial charge in [-0.05, 0) is 55.3 Å². The lowest BCUT2D eigenvalue weighted by atomic mass is 10.1. The predicted molar refractivity (Wildman–Crippen MR) is 121 cm³/mol. The van der Waals surface area contributed by atoms with Gasteiger partial charge in [0.2, 0.25) is 5.88 Å². The van der Waals surface area contributed by atoms with E-state index >= 15 is 0 Å². The van der Waals surface area contributed by atoms with Gasteiger partial charge in [-0.2, -0.15) is 10.2 Å². The second-order valence-electron chi connectivity index (χ2n) is 6.85. The average Bonchev–Trinajstić information content (AvgIpc) is 2.79. The van der Waals surface area contributed by atoms with Crippen LogP contribution in [0.25, 0.3) is 11.7 Å². The summed E-state index contributed by atoms with van der Waals surface area (Å²) >= 11 is 5.93. The van der Waals surface area contributed by atoms with Crippen LogP contribution in [0.4, 0.5) is 0 Å². The summed E-state index contributed by atoms with van der Waals surface area (Å²) in [6.07, 6.45) is 3.35. The highest BCUT2D eigenvalue weighted by Gasteiger charge is 2.18. The number of methoxy groups -OCH3 is 1. The van der Waals surface area contributed by atoms with Crippen LogP contribution in [0.5, 0.6) is 11.6 Å². The summed E-state index contributed by atoms with van der Waals surface area (Å²) in [4.78, 5) is 30.2. The Bertz CT molecular complexity index is 1260. The van der Waals surface area contributed by atoms with Crippen molar-refractivity contribution in [2.45, 2.75) is 13.3 Å². The maximum atomic E-state index is 13.2. The lowest BCUT2D eigenvalue weighted by Gasteiger charge is -2.11. The Balaban J connectivity index is 2.08. The highest BCUT2D eigenvalue weighted by atomic mass is 35.5. The Hall–Kier alpha value is -3.67. The van der Waals surface area contributed by atoms with Gasteiger partial charge in [0, 0.05) is 31.5 Å². The molecule has 3 rings (SSSR count). The van der Waals surface area contributed by atoms with Gasteiger partial charge in [0.25, 0.3) is 11.5 Å². The van der Waals surface area contributed by atoms with Crippen LogP contribution < -0.4 is 15.6 Å². The molecule has 1 N–H and O–H groups in total. The maximum Gasteiger partial charge on any atom is 0.269 e. The standard InChI is InChI=1S/C23H21ClN4O4/c1-15-5-3-11-28-20(15)27-22(32-18-8-6-17(24)7-9-18)19(23(28)30)13-16(14-25)21(29)26-10-4-12-31-2/h3,5-9,11,13H,4,10,12H2,1-2H3,(H,26,29). The van der Waals surface area contributed by atoms with Crippen LogP contribution in [0.3, 0.4) is 0 Å². The molecule has 3 aromatic rings. The lowest BCUT2D eigenvalue weighted by molar-refractivity contribution is -0.117. The average molecular weight is 453 g/mol. The maximum absolute atomic E-state index is 13.2. The van der Waals surface area contributed by atoms with Crippen molar-refractivity contribution in [3.05, 3.63) is 74.7 Å². The molecule has 0 saturated carbocycles. The van der Waals surface area contributed by atoms with Crippen LogP contribution >= 0.6 is 11.6 Å². The molecule has 0 aliphatic heterocycles. The predicted octanol–water partition coefficient (Wildman–Crippen LogP) is 3.51. The number of carbonyl (C=O) groups excluding carboxylic acids is 1. The zero-order valence-electron chi connectivity index (χ0n) is 17.6. The number of hydrogen-bond donors (Lipinski definition) is 1. The van der Waals surface area contributed by atoms with E-state index in [4.69, 9.17) is 21.1 Å². The van der Waals surface area contributed by atoms with E-state index in [9.17, 15) is 14.9 Å². The summed E-state index contributed by atoms with van der Waals surface area (Å²) in [7, 11) is 1.56. The molecule has 8 nitrogen and oxygen atoms in total. The number of rotatable bonds is 8. The van der Waals surface area contributed by atoms with Gasteiger partial charge >= 0.3 is 0 Å². The highest BCUT2D eigenvalue weighted by molar-refractivity contribution is 6.30. The molecule has 0 saturated heterocycles. The highest BCUT2D eigenvalue weighted by Crippen LogP contribution is 2.25. The number of ether oxygens (including phenoxy) is 2. The first-order valence-corrected chi connectivity index (χ1v) is 10.2. The first-order chi connectivity index (χ1) is 15.4. The summed E-state index contributed by atoms with van der Waals surface area (Å²) in [5.41, 5.74) is 0.433. The molecule has 0 spiro atoms. The Labute approximate surface area is 189 Å². The van der Waals surface area contributed by atoms with Crippen LogP contribution in [0.2, 0.25) is 5.02 Å². The van der Waals surface area contributed by atoms with Gasteiger partial charge in [-0.1, -0.05) is 17.7 Å². The molecule has 2 heterocycles. The number of benzene rings is 1. The minimum atomic E-state index is -0.602. The molecule has 0 radical (unpaired) electrons. The van der Waals surface area contributed by atoms with Crippen molar-refractivity contribution in [2.24, 2.45) is 0 Å². The molecule has 0 atom stereocenters. The van der Waals surface area contributed by atoms with Crippen molar-refractivity contribution >= 4 is 29.2 Å². The van der Waals surface area contributed by atoms with Crippen molar-refractivity contribution in [3.8, 4) is 17.7 Å². The van der Waals surface area contributed by atoms with Gasteiger partial charge in [0.1, 0.15) is 28.6 Å². The number of pyridine rings is 1. The fraction of sp³-hybridized carbons (Fsp3) is 0.217. The molecule has 0 aliphatic rings. The van der Waals surface area contributed by atoms with E-state index < -0.39 is 11.5 Å². The first-order valence-electron chi connectivity index (χ1n) is 9.79. The third kappa shape index (κ3) is 5.32. The van der Waals surface area contributed by atoms with E-state index in [1.807, 2.05) is 19.1 Å². The Morgan fingerprint density at radius 2 is 2.06 bits per heavy atom. The van der Waals surface area contributed by atoms with Crippen LogP contribution in [0.1, 0.15) is 17.5 Å². The van der Waals surface area contributed by atoms with Crippen molar-refractivity contribution in [2.75, 3.05) is 20.3 Å². The van der Waals surface area contributed by atoms with Crippen LogP contribution in [0, 0.1) is 18.3 Å². The Kier molecular flexibility index (Phi) is 7.60. The van der Waals surface area contributed by atoms with Crippen LogP contribution in [-0.4, -0.2) is 35.6 Å². The monoisotopic (exact) mass is 452 g/mol. The first kappa shape index (κ1) is 23.0. The van der Waals surface area contributed by atoms with E-state index in [-0.39, 0.29) is 17.0 Å². The van der Waals surface area contributed by atoms with Gasteiger partial charge in [0.15, 0.2) is 0 Å². The van der Waals surface area contributed by atoms with Crippen molar-refractivity contribution in [1.29, 1.82) is 5.26 Å². The van der Waals surface area contributed by atoms with Gasteiger partial charge in [-0.25, -0.2) is 0 Å². The second-order valence-corrected chi connectivity index (χ2v) is 7.29. The molecule has 1 amide bonds.